The van der Waals surface area contributed by atoms with Crippen LogP contribution in [0.3, 0.4) is 0 Å². The van der Waals surface area contributed by atoms with Crippen LogP contribution in [0.4, 0.5) is 0 Å². The number of rotatable bonds is 31. The lowest BCUT2D eigenvalue weighted by Crippen LogP contribution is -2.31. The normalized spacial score (nSPS) is 19.3. The fraction of sp³-hybridized carbons (Fsp3) is 0.947. The van der Waals surface area contributed by atoms with E-state index in [0.717, 1.165) is 32.4 Å². The lowest BCUT2D eigenvalue weighted by molar-refractivity contribution is -0.180. The molecule has 244 valence electrons. The van der Waals surface area contributed by atoms with Crippen molar-refractivity contribution in [1.82, 2.24) is 4.90 Å². The molecular formula is C38H75NO2. The average Bonchev–Trinajstić information content (AvgIpc) is 3.37. The van der Waals surface area contributed by atoms with Crippen molar-refractivity contribution in [3.63, 3.8) is 0 Å². The highest BCUT2D eigenvalue weighted by molar-refractivity contribution is 4.82. The van der Waals surface area contributed by atoms with Gasteiger partial charge in [0, 0.05) is 19.4 Å². The van der Waals surface area contributed by atoms with E-state index in [0.29, 0.717) is 0 Å². The maximum Gasteiger partial charge on any atom is 0.168 e. The van der Waals surface area contributed by atoms with Crippen molar-refractivity contribution in [2.75, 3.05) is 27.2 Å². The molecule has 1 saturated heterocycles. The molecule has 2 unspecified atom stereocenters. The molecule has 0 aromatic carbocycles. The predicted octanol–water partition coefficient (Wildman–Crippen LogP) is 12.2. The SMILES string of the molecule is CCCCCCC/C=C\CCCCCCCCC1(CCCCCCCCCCCCCC)OCC(CCN(C)C)O1. The molecule has 3 nitrogen and oxygen atoms in total. The van der Waals surface area contributed by atoms with Gasteiger partial charge < -0.3 is 14.4 Å². The molecule has 1 heterocycles. The summed E-state index contributed by atoms with van der Waals surface area (Å²) in [5.74, 6) is -0.295. The second-order valence-electron chi connectivity index (χ2n) is 13.5. The summed E-state index contributed by atoms with van der Waals surface area (Å²) in [6, 6.07) is 0. The summed E-state index contributed by atoms with van der Waals surface area (Å²) in [4.78, 5) is 2.26. The van der Waals surface area contributed by atoms with Crippen LogP contribution in [0.15, 0.2) is 12.2 Å². The van der Waals surface area contributed by atoms with Crippen molar-refractivity contribution >= 4 is 0 Å². The predicted molar refractivity (Wildman–Crippen MR) is 182 cm³/mol. The molecule has 0 N–H and O–H groups in total. The molecule has 3 heteroatoms. The molecule has 2 atom stereocenters. The zero-order valence-electron chi connectivity index (χ0n) is 28.7. The molecule has 0 aliphatic carbocycles. The number of unbranched alkanes of at least 4 members (excludes halogenated alkanes) is 22. The largest absolute Gasteiger partial charge is 0.347 e. The van der Waals surface area contributed by atoms with Crippen molar-refractivity contribution in [2.24, 2.45) is 0 Å². The fourth-order valence-corrected chi connectivity index (χ4v) is 6.25. The van der Waals surface area contributed by atoms with Gasteiger partial charge in [0.2, 0.25) is 0 Å². The lowest BCUT2D eigenvalue weighted by Gasteiger charge is -2.29. The van der Waals surface area contributed by atoms with E-state index >= 15 is 0 Å². The summed E-state index contributed by atoms with van der Waals surface area (Å²) in [5, 5.41) is 0. The Balaban J connectivity index is 2.15. The van der Waals surface area contributed by atoms with Gasteiger partial charge in [-0.25, -0.2) is 0 Å². The first-order valence-corrected chi connectivity index (χ1v) is 18.7. The second kappa shape index (κ2) is 28.4. The van der Waals surface area contributed by atoms with Crippen LogP contribution in [0, 0.1) is 0 Å². The van der Waals surface area contributed by atoms with Gasteiger partial charge in [-0.2, -0.15) is 0 Å². The van der Waals surface area contributed by atoms with Gasteiger partial charge in [-0.3, -0.25) is 0 Å². The van der Waals surface area contributed by atoms with Gasteiger partial charge >= 0.3 is 0 Å². The maximum atomic E-state index is 6.66. The lowest BCUT2D eigenvalue weighted by atomic mass is 9.98. The number of allylic oxidation sites excluding steroid dienone is 2. The Morgan fingerprint density at radius 3 is 1.37 bits per heavy atom. The Morgan fingerprint density at radius 1 is 0.561 bits per heavy atom. The highest BCUT2D eigenvalue weighted by Gasteiger charge is 2.40. The van der Waals surface area contributed by atoms with Crippen LogP contribution in [-0.2, 0) is 9.47 Å². The molecule has 41 heavy (non-hydrogen) atoms. The Hall–Kier alpha value is -0.380. The topological polar surface area (TPSA) is 21.7 Å². The van der Waals surface area contributed by atoms with E-state index < -0.39 is 0 Å². The minimum absolute atomic E-state index is 0.277. The highest BCUT2D eigenvalue weighted by Crippen LogP contribution is 2.35. The van der Waals surface area contributed by atoms with E-state index in [4.69, 9.17) is 9.47 Å². The molecule has 1 fully saturated rings. The van der Waals surface area contributed by atoms with E-state index in [1.807, 2.05) is 0 Å². The molecular weight excluding hydrogens is 502 g/mol. The summed E-state index contributed by atoms with van der Waals surface area (Å²) in [6.45, 7) is 6.46. The van der Waals surface area contributed by atoms with Crippen LogP contribution < -0.4 is 0 Å². The zero-order valence-corrected chi connectivity index (χ0v) is 28.7. The summed E-state index contributed by atoms with van der Waals surface area (Å²) in [6.07, 6.45) is 42.7. The number of nitrogens with zero attached hydrogens (tertiary/aromatic N) is 1. The van der Waals surface area contributed by atoms with Gasteiger partial charge in [-0.1, -0.05) is 148 Å². The van der Waals surface area contributed by atoms with Crippen LogP contribution in [-0.4, -0.2) is 44.0 Å². The Kier molecular flexibility index (Phi) is 26.8. The first-order valence-electron chi connectivity index (χ1n) is 18.7. The van der Waals surface area contributed by atoms with Crippen LogP contribution in [0.2, 0.25) is 0 Å². The molecule has 0 bridgehead atoms. The van der Waals surface area contributed by atoms with Crippen molar-refractivity contribution in [3.05, 3.63) is 12.2 Å². The van der Waals surface area contributed by atoms with Crippen LogP contribution in [0.25, 0.3) is 0 Å². The van der Waals surface area contributed by atoms with Crippen molar-refractivity contribution in [3.8, 4) is 0 Å². The Bertz CT molecular complexity index is 562. The van der Waals surface area contributed by atoms with E-state index in [2.05, 4.69) is 45.0 Å². The molecule has 1 aliphatic rings. The van der Waals surface area contributed by atoms with Gasteiger partial charge in [-0.05, 0) is 59.0 Å². The standard InChI is InChI=1S/C38H75NO2/c1-5-7-9-11-13-15-17-19-20-21-23-25-27-29-31-34-38(40-36-37(41-38)32-35-39(3)4)33-30-28-26-24-22-18-16-14-12-10-8-6-2/h17,19,37H,5-16,18,20-36H2,1-4H3/b19-17-. The van der Waals surface area contributed by atoms with Crippen LogP contribution in [0.5, 0.6) is 0 Å². The molecule has 0 saturated carbocycles. The molecule has 1 aliphatic heterocycles. The number of ether oxygens (including phenoxy) is 2. The third kappa shape index (κ3) is 23.7. The summed E-state index contributed by atoms with van der Waals surface area (Å²) < 4.78 is 13.1. The maximum absolute atomic E-state index is 6.66. The van der Waals surface area contributed by atoms with Gasteiger partial charge in [0.05, 0.1) is 12.7 Å². The third-order valence-corrected chi connectivity index (χ3v) is 9.04. The van der Waals surface area contributed by atoms with Gasteiger partial charge in [0.1, 0.15) is 0 Å². The van der Waals surface area contributed by atoms with Gasteiger partial charge in [0.15, 0.2) is 5.79 Å². The number of hydrogen-bond donors (Lipinski definition) is 0. The van der Waals surface area contributed by atoms with Crippen molar-refractivity contribution < 1.29 is 9.47 Å². The monoisotopic (exact) mass is 578 g/mol. The van der Waals surface area contributed by atoms with E-state index in [1.165, 1.54) is 161 Å². The molecule has 0 radical (unpaired) electrons. The summed E-state index contributed by atoms with van der Waals surface area (Å²) in [7, 11) is 4.31. The van der Waals surface area contributed by atoms with Crippen LogP contribution >= 0.6 is 0 Å². The first-order chi connectivity index (χ1) is 20.1. The molecule has 0 amide bonds. The van der Waals surface area contributed by atoms with Gasteiger partial charge in [0.25, 0.3) is 0 Å². The third-order valence-electron chi connectivity index (χ3n) is 9.04. The minimum Gasteiger partial charge on any atom is -0.347 e. The summed E-state index contributed by atoms with van der Waals surface area (Å²) >= 11 is 0. The van der Waals surface area contributed by atoms with Crippen molar-refractivity contribution in [2.45, 2.75) is 206 Å². The van der Waals surface area contributed by atoms with Crippen molar-refractivity contribution in [1.29, 1.82) is 0 Å². The van der Waals surface area contributed by atoms with E-state index in [9.17, 15) is 0 Å². The fourth-order valence-electron chi connectivity index (χ4n) is 6.25. The quantitative estimate of drug-likeness (QED) is 0.0604. The summed E-state index contributed by atoms with van der Waals surface area (Å²) in [5.41, 5.74) is 0. The molecule has 0 aromatic heterocycles. The number of hydrogen-bond acceptors (Lipinski definition) is 3. The Morgan fingerprint density at radius 2 is 0.951 bits per heavy atom. The molecule has 1 rings (SSSR count). The smallest absolute Gasteiger partial charge is 0.168 e. The second-order valence-corrected chi connectivity index (χ2v) is 13.5. The van der Waals surface area contributed by atoms with E-state index in [1.54, 1.807) is 0 Å². The first kappa shape index (κ1) is 38.6. The minimum atomic E-state index is -0.295. The van der Waals surface area contributed by atoms with Crippen LogP contribution in [0.1, 0.15) is 194 Å². The zero-order chi connectivity index (χ0) is 29.7. The molecule has 0 spiro atoms. The van der Waals surface area contributed by atoms with E-state index in [-0.39, 0.29) is 11.9 Å². The highest BCUT2D eigenvalue weighted by atomic mass is 16.7. The Labute approximate surface area is 259 Å². The van der Waals surface area contributed by atoms with Gasteiger partial charge in [-0.15, -0.1) is 0 Å². The molecule has 0 aromatic rings. The average molecular weight is 578 g/mol.